The Balaban J connectivity index is 2.13. The average molecular weight is 261 g/mol. The highest BCUT2D eigenvalue weighted by molar-refractivity contribution is 5.94. The molecule has 0 spiro atoms. The highest BCUT2D eigenvalue weighted by atomic mass is 16.3. The number of benzene rings is 1. The van der Waals surface area contributed by atoms with Crippen molar-refractivity contribution in [3.63, 3.8) is 0 Å². The summed E-state index contributed by atoms with van der Waals surface area (Å²) in [5, 5.41) is 9.21. The molecule has 2 rings (SSSR count). The molecule has 1 N–H and O–H groups in total. The van der Waals surface area contributed by atoms with E-state index in [0.29, 0.717) is 12.6 Å². The second kappa shape index (κ2) is 6.71. The lowest BCUT2D eigenvalue weighted by atomic mass is 9.93. The Kier molecular flexibility index (Phi) is 4.97. The second-order valence-corrected chi connectivity index (χ2v) is 5.38. The first kappa shape index (κ1) is 14.1. The van der Waals surface area contributed by atoms with Crippen LogP contribution in [-0.2, 0) is 0 Å². The first-order valence-electron chi connectivity index (χ1n) is 7.21. The summed E-state index contributed by atoms with van der Waals surface area (Å²) in [7, 11) is 0. The standard InChI is InChI=1S/C16H23NO2/c1-13-7-9-14(10-8-13)16(19)17(11-12-18)15-5-3-2-4-6-15/h7-10,15,18H,2-6,11-12H2,1H3. The van der Waals surface area contributed by atoms with Gasteiger partial charge in [0.25, 0.3) is 5.91 Å². The van der Waals surface area contributed by atoms with E-state index in [4.69, 9.17) is 0 Å². The van der Waals surface area contributed by atoms with Gasteiger partial charge in [-0.25, -0.2) is 0 Å². The van der Waals surface area contributed by atoms with Crippen LogP contribution in [0.25, 0.3) is 0 Å². The third kappa shape index (κ3) is 3.57. The predicted molar refractivity (Wildman–Crippen MR) is 76.2 cm³/mol. The number of amides is 1. The van der Waals surface area contributed by atoms with Crippen molar-refractivity contribution in [2.75, 3.05) is 13.2 Å². The molecule has 3 heteroatoms. The maximum atomic E-state index is 12.6. The minimum absolute atomic E-state index is 0.0358. The van der Waals surface area contributed by atoms with E-state index in [9.17, 15) is 9.90 Å². The third-order valence-electron chi connectivity index (χ3n) is 3.92. The Bertz CT molecular complexity index is 407. The zero-order valence-corrected chi connectivity index (χ0v) is 11.6. The fourth-order valence-electron chi connectivity index (χ4n) is 2.81. The van der Waals surface area contributed by atoms with Gasteiger partial charge in [-0.05, 0) is 31.9 Å². The number of aliphatic hydroxyl groups is 1. The smallest absolute Gasteiger partial charge is 0.254 e. The number of carbonyl (C=O) groups is 1. The van der Waals surface area contributed by atoms with Crippen molar-refractivity contribution in [3.8, 4) is 0 Å². The number of aryl methyl sites for hydroxylation is 1. The third-order valence-corrected chi connectivity index (χ3v) is 3.92. The van der Waals surface area contributed by atoms with E-state index in [-0.39, 0.29) is 12.5 Å². The molecule has 1 aromatic rings. The van der Waals surface area contributed by atoms with Crippen molar-refractivity contribution in [1.82, 2.24) is 4.90 Å². The number of rotatable bonds is 4. The van der Waals surface area contributed by atoms with Gasteiger partial charge in [-0.2, -0.15) is 0 Å². The first-order chi connectivity index (χ1) is 9.22. The average Bonchev–Trinajstić information content (AvgIpc) is 2.46. The summed E-state index contributed by atoms with van der Waals surface area (Å²) in [5.74, 6) is 0.0564. The molecule has 1 aliphatic carbocycles. The van der Waals surface area contributed by atoms with Gasteiger partial charge in [0, 0.05) is 18.2 Å². The topological polar surface area (TPSA) is 40.5 Å². The Hall–Kier alpha value is -1.35. The van der Waals surface area contributed by atoms with Crippen molar-refractivity contribution in [1.29, 1.82) is 0 Å². The maximum Gasteiger partial charge on any atom is 0.254 e. The van der Waals surface area contributed by atoms with Crippen LogP contribution in [0, 0.1) is 6.92 Å². The van der Waals surface area contributed by atoms with Crippen LogP contribution in [0.15, 0.2) is 24.3 Å². The van der Waals surface area contributed by atoms with Crippen molar-refractivity contribution in [2.45, 2.75) is 45.1 Å². The molecule has 3 nitrogen and oxygen atoms in total. The van der Waals surface area contributed by atoms with E-state index in [1.54, 1.807) is 0 Å². The lowest BCUT2D eigenvalue weighted by molar-refractivity contribution is 0.0585. The number of hydrogen-bond acceptors (Lipinski definition) is 2. The molecule has 104 valence electrons. The number of hydrogen-bond donors (Lipinski definition) is 1. The Morgan fingerprint density at radius 1 is 1.21 bits per heavy atom. The Morgan fingerprint density at radius 2 is 1.84 bits per heavy atom. The Labute approximate surface area is 115 Å². The van der Waals surface area contributed by atoms with Crippen molar-refractivity contribution < 1.29 is 9.90 Å². The van der Waals surface area contributed by atoms with Crippen LogP contribution < -0.4 is 0 Å². The fourth-order valence-corrected chi connectivity index (χ4v) is 2.81. The largest absolute Gasteiger partial charge is 0.395 e. The summed E-state index contributed by atoms with van der Waals surface area (Å²) < 4.78 is 0. The van der Waals surface area contributed by atoms with Crippen LogP contribution in [0.2, 0.25) is 0 Å². The summed E-state index contributed by atoms with van der Waals surface area (Å²) >= 11 is 0. The van der Waals surface area contributed by atoms with Crippen molar-refractivity contribution in [3.05, 3.63) is 35.4 Å². The number of carbonyl (C=O) groups excluding carboxylic acids is 1. The number of aliphatic hydroxyl groups excluding tert-OH is 1. The van der Waals surface area contributed by atoms with Gasteiger partial charge in [-0.3, -0.25) is 4.79 Å². The van der Waals surface area contributed by atoms with Crippen molar-refractivity contribution >= 4 is 5.91 Å². The summed E-state index contributed by atoms with van der Waals surface area (Å²) in [6.07, 6.45) is 5.78. The molecule has 0 bridgehead atoms. The molecule has 1 amide bonds. The summed E-state index contributed by atoms with van der Waals surface area (Å²) in [6.45, 7) is 2.49. The van der Waals surface area contributed by atoms with Gasteiger partial charge in [0.1, 0.15) is 0 Å². The molecule has 0 heterocycles. The zero-order valence-electron chi connectivity index (χ0n) is 11.6. The normalized spacial score (nSPS) is 16.3. The molecule has 0 radical (unpaired) electrons. The van der Waals surface area contributed by atoms with E-state index >= 15 is 0 Å². The summed E-state index contributed by atoms with van der Waals surface area (Å²) in [5.41, 5.74) is 1.88. The van der Waals surface area contributed by atoms with Gasteiger partial charge >= 0.3 is 0 Å². The molecule has 0 aromatic heterocycles. The van der Waals surface area contributed by atoms with Gasteiger partial charge in [-0.1, -0.05) is 37.0 Å². The van der Waals surface area contributed by atoms with E-state index in [2.05, 4.69) is 0 Å². The van der Waals surface area contributed by atoms with Crippen LogP contribution in [0.5, 0.6) is 0 Å². The predicted octanol–water partition coefficient (Wildman–Crippen LogP) is 2.76. The van der Waals surface area contributed by atoms with E-state index in [0.717, 1.165) is 24.0 Å². The molecule has 0 saturated heterocycles. The monoisotopic (exact) mass is 261 g/mol. The van der Waals surface area contributed by atoms with Gasteiger partial charge in [-0.15, -0.1) is 0 Å². The van der Waals surface area contributed by atoms with Gasteiger partial charge in [0.2, 0.25) is 0 Å². The molecule has 1 aliphatic rings. The lowest BCUT2D eigenvalue weighted by Crippen LogP contribution is -2.43. The molecular weight excluding hydrogens is 238 g/mol. The molecule has 1 saturated carbocycles. The van der Waals surface area contributed by atoms with Crippen LogP contribution in [0.4, 0.5) is 0 Å². The van der Waals surface area contributed by atoms with Crippen LogP contribution in [0.3, 0.4) is 0 Å². The highest BCUT2D eigenvalue weighted by Crippen LogP contribution is 2.24. The summed E-state index contributed by atoms with van der Waals surface area (Å²) in [4.78, 5) is 14.4. The van der Waals surface area contributed by atoms with E-state index < -0.39 is 0 Å². The molecule has 1 aromatic carbocycles. The fraction of sp³-hybridized carbons (Fsp3) is 0.562. The molecule has 0 unspecified atom stereocenters. The minimum Gasteiger partial charge on any atom is -0.395 e. The minimum atomic E-state index is 0.0358. The number of nitrogens with zero attached hydrogens (tertiary/aromatic N) is 1. The molecule has 1 fully saturated rings. The van der Waals surface area contributed by atoms with E-state index in [1.165, 1.54) is 19.3 Å². The second-order valence-electron chi connectivity index (χ2n) is 5.38. The van der Waals surface area contributed by atoms with Gasteiger partial charge < -0.3 is 10.0 Å². The maximum absolute atomic E-state index is 12.6. The first-order valence-corrected chi connectivity index (χ1v) is 7.21. The Morgan fingerprint density at radius 3 is 2.42 bits per heavy atom. The SMILES string of the molecule is Cc1ccc(C(=O)N(CCO)C2CCCCC2)cc1. The van der Waals surface area contributed by atoms with E-state index in [1.807, 2.05) is 36.1 Å². The lowest BCUT2D eigenvalue weighted by Gasteiger charge is -2.34. The van der Waals surface area contributed by atoms with Crippen LogP contribution in [-0.4, -0.2) is 35.1 Å². The zero-order chi connectivity index (χ0) is 13.7. The summed E-state index contributed by atoms with van der Waals surface area (Å²) in [6, 6.07) is 7.99. The molecule has 0 aliphatic heterocycles. The quantitative estimate of drug-likeness (QED) is 0.905. The van der Waals surface area contributed by atoms with Crippen LogP contribution >= 0.6 is 0 Å². The van der Waals surface area contributed by atoms with Crippen molar-refractivity contribution in [2.24, 2.45) is 0 Å². The van der Waals surface area contributed by atoms with Gasteiger partial charge in [0.15, 0.2) is 0 Å². The molecular formula is C16H23NO2. The molecule has 19 heavy (non-hydrogen) atoms. The molecule has 0 atom stereocenters. The van der Waals surface area contributed by atoms with Gasteiger partial charge in [0.05, 0.1) is 6.61 Å². The van der Waals surface area contributed by atoms with Crippen LogP contribution in [0.1, 0.15) is 48.0 Å². The highest BCUT2D eigenvalue weighted by Gasteiger charge is 2.25.